The van der Waals surface area contributed by atoms with Gasteiger partial charge in [-0.2, -0.15) is 0 Å². The monoisotopic (exact) mass is 461 g/mol. The zero-order valence-corrected chi connectivity index (χ0v) is 20.4. The number of fused-ring (bicyclic) bond motifs is 3. The summed E-state index contributed by atoms with van der Waals surface area (Å²) in [5.41, 5.74) is 11.9. The number of aromatic nitrogens is 1. The fraction of sp³-hybridized carbons (Fsp3) is 0.0286. The molecule has 1 heteroatoms. The van der Waals surface area contributed by atoms with Gasteiger partial charge in [-0.1, -0.05) is 86.0 Å². The van der Waals surface area contributed by atoms with Crippen molar-refractivity contribution in [2.24, 2.45) is 7.05 Å². The van der Waals surface area contributed by atoms with E-state index in [0.717, 1.165) is 11.1 Å². The standard InChI is InChI=1S/C35H27N/c1-4-24-10-8-12-26(18-24)29-20-30(27-13-9-11-25(5-2)19-27)22-31(21-29)28-16-17-35-33(23-28)32-14-6-7-15-34(32)36(35)3/h4-23H,1-2H2,3H3. The molecule has 0 aliphatic heterocycles. The maximum Gasteiger partial charge on any atom is 0.0489 e. The quantitative estimate of drug-likeness (QED) is 0.241. The number of aryl methyl sites for hydroxylation is 1. The van der Waals surface area contributed by atoms with Crippen LogP contribution in [0.2, 0.25) is 0 Å². The van der Waals surface area contributed by atoms with Gasteiger partial charge < -0.3 is 4.57 Å². The maximum absolute atomic E-state index is 3.96. The van der Waals surface area contributed by atoms with E-state index in [1.54, 1.807) is 0 Å². The summed E-state index contributed by atoms with van der Waals surface area (Å²) in [7, 11) is 2.14. The van der Waals surface area contributed by atoms with E-state index in [2.05, 4.69) is 134 Å². The number of hydrogen-bond donors (Lipinski definition) is 0. The number of hydrogen-bond acceptors (Lipinski definition) is 0. The van der Waals surface area contributed by atoms with Crippen LogP contribution in [0.1, 0.15) is 11.1 Å². The van der Waals surface area contributed by atoms with Gasteiger partial charge in [0.2, 0.25) is 0 Å². The predicted octanol–water partition coefficient (Wildman–Crippen LogP) is 9.62. The summed E-state index contributed by atoms with van der Waals surface area (Å²) in [4.78, 5) is 0. The lowest BCUT2D eigenvalue weighted by atomic mass is 9.92. The fourth-order valence-electron chi connectivity index (χ4n) is 5.17. The van der Waals surface area contributed by atoms with Crippen LogP contribution < -0.4 is 0 Å². The van der Waals surface area contributed by atoms with E-state index in [9.17, 15) is 0 Å². The molecule has 0 saturated heterocycles. The Balaban J connectivity index is 1.59. The Morgan fingerprint density at radius 3 is 1.58 bits per heavy atom. The third kappa shape index (κ3) is 3.76. The maximum atomic E-state index is 3.96. The number of para-hydroxylation sites is 1. The highest BCUT2D eigenvalue weighted by molar-refractivity contribution is 6.09. The minimum atomic E-state index is 1.12. The molecular formula is C35H27N. The lowest BCUT2D eigenvalue weighted by molar-refractivity contribution is 1.01. The summed E-state index contributed by atoms with van der Waals surface area (Å²) < 4.78 is 2.28. The molecule has 172 valence electrons. The van der Waals surface area contributed by atoms with Gasteiger partial charge in [0.25, 0.3) is 0 Å². The largest absolute Gasteiger partial charge is 0.344 e. The van der Waals surface area contributed by atoms with Crippen LogP contribution in [0.4, 0.5) is 0 Å². The minimum absolute atomic E-state index is 1.12. The molecule has 0 saturated carbocycles. The van der Waals surface area contributed by atoms with Gasteiger partial charge in [0, 0.05) is 28.9 Å². The first kappa shape index (κ1) is 21.9. The Hall–Kier alpha value is -4.62. The Labute approximate surface area is 212 Å². The molecule has 5 aromatic carbocycles. The van der Waals surface area contributed by atoms with Crippen molar-refractivity contribution < 1.29 is 0 Å². The molecule has 0 aliphatic rings. The molecule has 0 unspecified atom stereocenters. The van der Waals surface area contributed by atoms with Crippen LogP contribution in [0.5, 0.6) is 0 Å². The Morgan fingerprint density at radius 1 is 0.472 bits per heavy atom. The van der Waals surface area contributed by atoms with Crippen LogP contribution >= 0.6 is 0 Å². The molecule has 36 heavy (non-hydrogen) atoms. The summed E-state index contributed by atoms with van der Waals surface area (Å²) in [5.74, 6) is 0. The topological polar surface area (TPSA) is 4.93 Å². The Kier molecular flexibility index (Phi) is 5.39. The molecule has 1 heterocycles. The molecule has 0 aliphatic carbocycles. The molecule has 6 aromatic rings. The first-order chi connectivity index (χ1) is 17.6. The first-order valence-electron chi connectivity index (χ1n) is 12.2. The van der Waals surface area contributed by atoms with E-state index >= 15 is 0 Å². The molecule has 0 N–H and O–H groups in total. The summed E-state index contributed by atoms with van der Waals surface area (Å²) in [6.07, 6.45) is 3.80. The highest BCUT2D eigenvalue weighted by Gasteiger charge is 2.12. The van der Waals surface area contributed by atoms with Crippen molar-refractivity contribution in [2.45, 2.75) is 0 Å². The van der Waals surface area contributed by atoms with Crippen LogP contribution in [0.3, 0.4) is 0 Å². The molecule has 0 radical (unpaired) electrons. The van der Waals surface area contributed by atoms with Crippen LogP contribution in [0.15, 0.2) is 122 Å². The summed E-state index contributed by atoms with van der Waals surface area (Å²) in [6.45, 7) is 7.92. The van der Waals surface area contributed by atoms with Gasteiger partial charge in [0.05, 0.1) is 0 Å². The smallest absolute Gasteiger partial charge is 0.0489 e. The lowest BCUT2D eigenvalue weighted by Gasteiger charge is -2.13. The highest BCUT2D eigenvalue weighted by atomic mass is 14.9. The highest BCUT2D eigenvalue weighted by Crippen LogP contribution is 2.36. The molecule has 0 amide bonds. The van der Waals surface area contributed by atoms with Gasteiger partial charge >= 0.3 is 0 Å². The second-order valence-corrected chi connectivity index (χ2v) is 9.27. The number of benzene rings is 5. The summed E-state index contributed by atoms with van der Waals surface area (Å²) in [5, 5.41) is 2.56. The fourth-order valence-corrected chi connectivity index (χ4v) is 5.17. The Morgan fingerprint density at radius 2 is 1.00 bits per heavy atom. The van der Waals surface area contributed by atoms with Gasteiger partial charge in [-0.05, 0) is 93.0 Å². The van der Waals surface area contributed by atoms with Gasteiger partial charge in [-0.25, -0.2) is 0 Å². The van der Waals surface area contributed by atoms with E-state index in [4.69, 9.17) is 0 Å². The molecule has 1 nitrogen and oxygen atoms in total. The molecule has 0 atom stereocenters. The zero-order valence-electron chi connectivity index (χ0n) is 20.4. The van der Waals surface area contributed by atoms with Crippen LogP contribution in [0.25, 0.3) is 67.3 Å². The number of rotatable bonds is 5. The van der Waals surface area contributed by atoms with Gasteiger partial charge in [0.1, 0.15) is 0 Å². The average molecular weight is 462 g/mol. The number of nitrogens with zero attached hydrogens (tertiary/aromatic N) is 1. The molecule has 1 aromatic heterocycles. The van der Waals surface area contributed by atoms with Gasteiger partial charge in [-0.15, -0.1) is 0 Å². The van der Waals surface area contributed by atoms with Crippen LogP contribution in [-0.4, -0.2) is 4.57 Å². The predicted molar refractivity (Wildman–Crippen MR) is 157 cm³/mol. The molecule has 0 bridgehead atoms. The van der Waals surface area contributed by atoms with Crippen LogP contribution in [-0.2, 0) is 7.05 Å². The van der Waals surface area contributed by atoms with Crippen molar-refractivity contribution in [3.63, 3.8) is 0 Å². The normalized spacial score (nSPS) is 11.1. The second kappa shape index (κ2) is 8.87. The third-order valence-corrected chi connectivity index (χ3v) is 7.09. The molecule has 0 fully saturated rings. The molecule has 6 rings (SSSR count). The van der Waals surface area contributed by atoms with Crippen molar-refractivity contribution in [1.29, 1.82) is 0 Å². The van der Waals surface area contributed by atoms with E-state index < -0.39 is 0 Å². The van der Waals surface area contributed by atoms with Gasteiger partial charge in [-0.3, -0.25) is 0 Å². The van der Waals surface area contributed by atoms with E-state index in [0.29, 0.717) is 0 Å². The second-order valence-electron chi connectivity index (χ2n) is 9.27. The lowest BCUT2D eigenvalue weighted by Crippen LogP contribution is -1.88. The zero-order chi connectivity index (χ0) is 24.6. The van der Waals surface area contributed by atoms with E-state index in [1.807, 2.05) is 12.2 Å². The average Bonchev–Trinajstić information content (AvgIpc) is 3.24. The van der Waals surface area contributed by atoms with E-state index in [-0.39, 0.29) is 0 Å². The van der Waals surface area contributed by atoms with Crippen molar-refractivity contribution >= 4 is 34.0 Å². The van der Waals surface area contributed by atoms with Crippen molar-refractivity contribution in [3.05, 3.63) is 133 Å². The summed E-state index contributed by atoms with van der Waals surface area (Å²) >= 11 is 0. The SMILES string of the molecule is C=Cc1cccc(-c2cc(-c3cccc(C=C)c3)cc(-c3ccc4c(c3)c3ccccc3n4C)c2)c1. The van der Waals surface area contributed by atoms with Crippen molar-refractivity contribution in [2.75, 3.05) is 0 Å². The molecular weight excluding hydrogens is 434 g/mol. The van der Waals surface area contributed by atoms with Gasteiger partial charge in [0.15, 0.2) is 0 Å². The van der Waals surface area contributed by atoms with E-state index in [1.165, 1.54) is 55.2 Å². The minimum Gasteiger partial charge on any atom is -0.344 e. The summed E-state index contributed by atoms with van der Waals surface area (Å²) in [6, 6.07) is 39.4. The van der Waals surface area contributed by atoms with Crippen LogP contribution in [0, 0.1) is 0 Å². The van der Waals surface area contributed by atoms with Crippen molar-refractivity contribution in [3.8, 4) is 33.4 Å². The first-order valence-corrected chi connectivity index (χ1v) is 12.2. The molecule has 0 spiro atoms. The third-order valence-electron chi connectivity index (χ3n) is 7.09. The van der Waals surface area contributed by atoms with Crippen molar-refractivity contribution in [1.82, 2.24) is 4.57 Å². The Bertz CT molecular complexity index is 1710.